The highest BCUT2D eigenvalue weighted by Gasteiger charge is 2.35. The highest BCUT2D eigenvalue weighted by Crippen LogP contribution is 2.38. The van der Waals surface area contributed by atoms with Crippen LogP contribution in [0.3, 0.4) is 0 Å². The molecule has 2 nitrogen and oxygen atoms in total. The number of alkyl halides is 3. The van der Waals surface area contributed by atoms with E-state index in [2.05, 4.69) is 5.10 Å². The van der Waals surface area contributed by atoms with Crippen molar-refractivity contribution in [2.24, 2.45) is 0 Å². The van der Waals surface area contributed by atoms with Crippen molar-refractivity contribution < 1.29 is 13.2 Å². The number of aromatic nitrogens is 2. The molecule has 2 heterocycles. The molecular weight excluding hydrogens is 357 g/mol. The SMILES string of the molecule is FC(F)(F)c1cc(-c2ccc(-c3ccccc3)s2)n(-c2ccccc2)n1. The standard InChI is InChI=1S/C20H13F3N2S/c21-20(22,23)19-13-16(25(24-19)15-9-5-2-6-10-15)18-12-11-17(26-18)14-7-3-1-4-8-14/h1-13H. The minimum atomic E-state index is -4.49. The maximum Gasteiger partial charge on any atom is 0.435 e. The van der Waals surface area contributed by atoms with E-state index in [-0.39, 0.29) is 0 Å². The molecule has 0 spiro atoms. The fourth-order valence-electron chi connectivity index (χ4n) is 2.69. The van der Waals surface area contributed by atoms with E-state index in [0.29, 0.717) is 11.4 Å². The van der Waals surface area contributed by atoms with Crippen molar-refractivity contribution in [3.63, 3.8) is 0 Å². The van der Waals surface area contributed by atoms with Gasteiger partial charge in [0.25, 0.3) is 0 Å². The topological polar surface area (TPSA) is 17.8 Å². The van der Waals surface area contributed by atoms with Gasteiger partial charge in [0.1, 0.15) is 0 Å². The van der Waals surface area contributed by atoms with E-state index in [9.17, 15) is 13.2 Å². The second-order valence-corrected chi connectivity index (χ2v) is 6.77. The van der Waals surface area contributed by atoms with Crippen molar-refractivity contribution in [1.29, 1.82) is 0 Å². The summed E-state index contributed by atoms with van der Waals surface area (Å²) in [5, 5.41) is 3.81. The minimum Gasteiger partial charge on any atom is -0.232 e. The molecule has 130 valence electrons. The molecule has 0 N–H and O–H groups in total. The average molecular weight is 370 g/mol. The molecule has 0 atom stereocenters. The first-order chi connectivity index (χ1) is 12.5. The summed E-state index contributed by atoms with van der Waals surface area (Å²) in [6.45, 7) is 0. The molecule has 0 saturated carbocycles. The van der Waals surface area contributed by atoms with Gasteiger partial charge in [-0.25, -0.2) is 4.68 Å². The van der Waals surface area contributed by atoms with Gasteiger partial charge >= 0.3 is 6.18 Å². The number of halogens is 3. The maximum atomic E-state index is 13.2. The lowest BCUT2D eigenvalue weighted by Gasteiger charge is -2.05. The van der Waals surface area contributed by atoms with Gasteiger partial charge in [0.05, 0.1) is 16.3 Å². The molecule has 26 heavy (non-hydrogen) atoms. The number of hydrogen-bond acceptors (Lipinski definition) is 2. The third-order valence-corrected chi connectivity index (χ3v) is 5.07. The van der Waals surface area contributed by atoms with Crippen LogP contribution in [0.25, 0.3) is 26.7 Å². The molecule has 0 aliphatic heterocycles. The van der Waals surface area contributed by atoms with Crippen molar-refractivity contribution >= 4 is 11.3 Å². The molecule has 0 saturated heterocycles. The zero-order valence-electron chi connectivity index (χ0n) is 13.4. The van der Waals surface area contributed by atoms with Gasteiger partial charge in [0.15, 0.2) is 5.69 Å². The number of para-hydroxylation sites is 1. The third-order valence-electron chi connectivity index (χ3n) is 3.92. The summed E-state index contributed by atoms with van der Waals surface area (Å²) < 4.78 is 41.0. The molecule has 0 unspecified atom stereocenters. The summed E-state index contributed by atoms with van der Waals surface area (Å²) in [4.78, 5) is 1.73. The lowest BCUT2D eigenvalue weighted by molar-refractivity contribution is -0.141. The number of hydrogen-bond donors (Lipinski definition) is 0. The zero-order valence-corrected chi connectivity index (χ0v) is 14.3. The molecule has 2 aromatic carbocycles. The summed E-state index contributed by atoms with van der Waals surface area (Å²) >= 11 is 1.44. The largest absolute Gasteiger partial charge is 0.435 e. The van der Waals surface area contributed by atoms with Crippen LogP contribution in [0, 0.1) is 0 Å². The Bertz CT molecular complexity index is 1020. The first-order valence-corrected chi connectivity index (χ1v) is 8.72. The van der Waals surface area contributed by atoms with Gasteiger partial charge in [-0.2, -0.15) is 18.3 Å². The lowest BCUT2D eigenvalue weighted by atomic mass is 10.2. The van der Waals surface area contributed by atoms with Crippen LogP contribution in [0.15, 0.2) is 78.9 Å². The van der Waals surface area contributed by atoms with E-state index >= 15 is 0 Å². The fraction of sp³-hybridized carbons (Fsp3) is 0.0500. The Kier molecular flexibility index (Phi) is 4.12. The fourth-order valence-corrected chi connectivity index (χ4v) is 3.71. The first-order valence-electron chi connectivity index (χ1n) is 7.91. The second-order valence-electron chi connectivity index (χ2n) is 5.69. The molecule has 0 aliphatic rings. The van der Waals surface area contributed by atoms with Crippen LogP contribution in [0.2, 0.25) is 0 Å². The van der Waals surface area contributed by atoms with Crippen molar-refractivity contribution in [1.82, 2.24) is 9.78 Å². The van der Waals surface area contributed by atoms with Gasteiger partial charge in [-0.15, -0.1) is 11.3 Å². The Morgan fingerprint density at radius 2 is 1.38 bits per heavy atom. The molecule has 2 aromatic heterocycles. The Morgan fingerprint density at radius 1 is 0.769 bits per heavy atom. The Morgan fingerprint density at radius 3 is 2.04 bits per heavy atom. The monoisotopic (exact) mass is 370 g/mol. The molecule has 0 radical (unpaired) electrons. The Hall–Kier alpha value is -2.86. The third kappa shape index (κ3) is 3.15. The van der Waals surface area contributed by atoms with E-state index in [1.54, 1.807) is 24.3 Å². The molecule has 6 heteroatoms. The highest BCUT2D eigenvalue weighted by molar-refractivity contribution is 7.18. The summed E-state index contributed by atoms with van der Waals surface area (Å²) in [7, 11) is 0. The van der Waals surface area contributed by atoms with E-state index < -0.39 is 11.9 Å². The quantitative estimate of drug-likeness (QED) is 0.415. The van der Waals surface area contributed by atoms with Crippen molar-refractivity contribution in [2.75, 3.05) is 0 Å². The predicted octanol–water partition coefficient (Wildman–Crippen LogP) is 6.29. The molecular formula is C20H13F3N2S. The van der Waals surface area contributed by atoms with Crippen LogP contribution in [0.1, 0.15) is 5.69 Å². The van der Waals surface area contributed by atoms with Gasteiger partial charge < -0.3 is 0 Å². The van der Waals surface area contributed by atoms with Crippen LogP contribution >= 0.6 is 11.3 Å². The van der Waals surface area contributed by atoms with Gasteiger partial charge in [-0.1, -0.05) is 48.5 Å². The van der Waals surface area contributed by atoms with Gasteiger partial charge in [-0.05, 0) is 35.9 Å². The number of thiophene rings is 1. The summed E-state index contributed by atoms with van der Waals surface area (Å²) in [6.07, 6.45) is -4.49. The van der Waals surface area contributed by atoms with Crippen molar-refractivity contribution in [3.8, 4) is 26.7 Å². The van der Waals surface area contributed by atoms with Crippen LogP contribution in [-0.2, 0) is 6.18 Å². The normalized spacial score (nSPS) is 11.7. The maximum absolute atomic E-state index is 13.2. The predicted molar refractivity (Wildman–Crippen MR) is 97.3 cm³/mol. The molecule has 0 amide bonds. The van der Waals surface area contributed by atoms with Crippen molar-refractivity contribution in [3.05, 3.63) is 84.6 Å². The molecule has 4 rings (SSSR count). The minimum absolute atomic E-state index is 0.427. The summed E-state index contributed by atoms with van der Waals surface area (Å²) in [6, 6.07) is 23.5. The highest BCUT2D eigenvalue weighted by atomic mass is 32.1. The van der Waals surface area contributed by atoms with Crippen LogP contribution in [0.5, 0.6) is 0 Å². The van der Waals surface area contributed by atoms with Crippen LogP contribution < -0.4 is 0 Å². The van der Waals surface area contributed by atoms with Gasteiger partial charge in [0, 0.05) is 4.88 Å². The second kappa shape index (κ2) is 6.46. The smallest absolute Gasteiger partial charge is 0.232 e. The van der Waals surface area contributed by atoms with E-state index in [0.717, 1.165) is 21.4 Å². The van der Waals surface area contributed by atoms with Crippen molar-refractivity contribution in [2.45, 2.75) is 6.18 Å². The molecule has 4 aromatic rings. The first kappa shape index (κ1) is 16.6. The average Bonchev–Trinajstić information content (AvgIpc) is 3.30. The summed E-state index contributed by atoms with van der Waals surface area (Å²) in [5.41, 5.74) is 1.15. The number of benzene rings is 2. The Labute approximate surface area is 152 Å². The van der Waals surface area contributed by atoms with Crippen LogP contribution in [0.4, 0.5) is 13.2 Å². The van der Waals surface area contributed by atoms with E-state index in [4.69, 9.17) is 0 Å². The lowest BCUT2D eigenvalue weighted by Crippen LogP contribution is -2.07. The summed E-state index contributed by atoms with van der Waals surface area (Å²) in [5.74, 6) is 0. The molecule has 0 fully saturated rings. The number of rotatable bonds is 3. The van der Waals surface area contributed by atoms with Gasteiger partial charge in [0.2, 0.25) is 0 Å². The molecule has 0 bridgehead atoms. The van der Waals surface area contributed by atoms with Crippen LogP contribution in [-0.4, -0.2) is 9.78 Å². The number of nitrogens with zero attached hydrogens (tertiary/aromatic N) is 2. The Balaban J connectivity index is 1.84. The van der Waals surface area contributed by atoms with E-state index in [1.807, 2.05) is 48.5 Å². The van der Waals surface area contributed by atoms with Gasteiger partial charge in [-0.3, -0.25) is 0 Å². The zero-order chi connectivity index (χ0) is 18.1. The molecule has 0 aliphatic carbocycles. The van der Waals surface area contributed by atoms with E-state index in [1.165, 1.54) is 16.0 Å².